The molecule has 36 heavy (non-hydrogen) atoms. The zero-order valence-corrected chi connectivity index (χ0v) is 19.7. The van der Waals surface area contributed by atoms with Crippen LogP contribution in [0.15, 0.2) is 30.3 Å². The van der Waals surface area contributed by atoms with Crippen LogP contribution >= 0.6 is 0 Å². The Bertz CT molecular complexity index is 1290. The normalized spacial score (nSPS) is 13.6. The SMILES string of the molecule is CCOC(=O)c1cc(C#N)c(N2CC(C(=O)NS(=O)(=O)Cc3ccccc3F)C2)nc1OCC(F)F. The van der Waals surface area contributed by atoms with Crippen LogP contribution in [0.1, 0.15) is 28.4 Å². The van der Waals surface area contributed by atoms with Crippen molar-refractivity contribution in [2.24, 2.45) is 5.92 Å². The van der Waals surface area contributed by atoms with Gasteiger partial charge in [-0.3, -0.25) is 9.52 Å². The van der Waals surface area contributed by atoms with Crippen molar-refractivity contribution < 1.29 is 40.7 Å². The number of esters is 1. The summed E-state index contributed by atoms with van der Waals surface area (Å²) in [5.74, 6) is -4.53. The number of ether oxygens (including phenoxy) is 2. The molecule has 1 aliphatic rings. The van der Waals surface area contributed by atoms with Gasteiger partial charge in [0.25, 0.3) is 6.43 Å². The first-order valence-corrected chi connectivity index (χ1v) is 12.3. The number of carbonyl (C=O) groups excluding carboxylic acids is 2. The Morgan fingerprint density at radius 1 is 1.31 bits per heavy atom. The first-order chi connectivity index (χ1) is 17.0. The zero-order chi connectivity index (χ0) is 26.5. The summed E-state index contributed by atoms with van der Waals surface area (Å²) in [6, 6.07) is 8.18. The molecular weight excluding hydrogens is 505 g/mol. The third-order valence-corrected chi connectivity index (χ3v) is 6.24. The molecule has 10 nitrogen and oxygen atoms in total. The maximum Gasteiger partial charge on any atom is 0.343 e. The smallest absolute Gasteiger partial charge is 0.343 e. The van der Waals surface area contributed by atoms with Crippen molar-refractivity contribution in [3.05, 3.63) is 52.8 Å². The minimum absolute atomic E-state index is 0.0144. The maximum atomic E-state index is 13.8. The van der Waals surface area contributed by atoms with Crippen LogP contribution in [0, 0.1) is 23.1 Å². The molecule has 0 radical (unpaired) electrons. The number of hydrogen-bond acceptors (Lipinski definition) is 9. The van der Waals surface area contributed by atoms with Gasteiger partial charge in [-0.25, -0.2) is 26.4 Å². The molecule has 0 atom stereocenters. The molecule has 1 aliphatic heterocycles. The van der Waals surface area contributed by atoms with Gasteiger partial charge in [0.15, 0.2) is 12.4 Å². The van der Waals surface area contributed by atoms with E-state index >= 15 is 0 Å². The monoisotopic (exact) mass is 526 g/mol. The molecule has 1 aromatic heterocycles. The largest absolute Gasteiger partial charge is 0.471 e. The van der Waals surface area contributed by atoms with Crippen molar-refractivity contribution in [2.45, 2.75) is 19.1 Å². The Hall–Kier alpha value is -3.86. The molecular formula is C22H21F3N4O6S. The van der Waals surface area contributed by atoms with E-state index in [2.05, 4.69) is 4.98 Å². The summed E-state index contributed by atoms with van der Waals surface area (Å²) in [6.07, 6.45) is -2.86. The fourth-order valence-corrected chi connectivity index (χ4v) is 4.52. The quantitative estimate of drug-likeness (QED) is 0.461. The van der Waals surface area contributed by atoms with Crippen LogP contribution in [0.25, 0.3) is 0 Å². The second-order valence-corrected chi connectivity index (χ2v) is 9.39. The summed E-state index contributed by atoms with van der Waals surface area (Å²) in [5.41, 5.74) is -0.519. The van der Waals surface area contributed by atoms with Gasteiger partial charge in [0.05, 0.1) is 23.8 Å². The van der Waals surface area contributed by atoms with E-state index in [9.17, 15) is 36.4 Å². The average Bonchev–Trinajstić information content (AvgIpc) is 2.77. The van der Waals surface area contributed by atoms with E-state index in [0.717, 1.165) is 12.1 Å². The van der Waals surface area contributed by atoms with Gasteiger partial charge in [0.2, 0.25) is 21.8 Å². The molecule has 1 N–H and O–H groups in total. The Balaban J connectivity index is 1.73. The number of nitrogens with one attached hydrogen (secondary N) is 1. The molecule has 2 heterocycles. The van der Waals surface area contributed by atoms with Crippen molar-refractivity contribution >= 4 is 27.7 Å². The first kappa shape index (κ1) is 26.7. The lowest BCUT2D eigenvalue weighted by molar-refractivity contribution is -0.123. The van der Waals surface area contributed by atoms with E-state index in [1.54, 1.807) is 0 Å². The molecule has 1 amide bonds. The zero-order valence-electron chi connectivity index (χ0n) is 18.9. The average molecular weight is 526 g/mol. The highest BCUT2D eigenvalue weighted by Gasteiger charge is 2.37. The highest BCUT2D eigenvalue weighted by atomic mass is 32.2. The summed E-state index contributed by atoms with van der Waals surface area (Å²) in [5, 5.41) is 9.50. The Labute approximate surface area is 204 Å². The van der Waals surface area contributed by atoms with Crippen LogP contribution in [0.4, 0.5) is 19.0 Å². The molecule has 0 unspecified atom stereocenters. The van der Waals surface area contributed by atoms with Crippen LogP contribution < -0.4 is 14.4 Å². The van der Waals surface area contributed by atoms with E-state index < -0.39 is 58.3 Å². The van der Waals surface area contributed by atoms with Crippen LogP contribution in [0.5, 0.6) is 5.88 Å². The number of halogens is 3. The Morgan fingerprint density at radius 3 is 2.61 bits per heavy atom. The lowest BCUT2D eigenvalue weighted by Crippen LogP contribution is -2.55. The summed E-state index contributed by atoms with van der Waals surface area (Å²) in [7, 11) is -4.18. The lowest BCUT2D eigenvalue weighted by Gasteiger charge is -2.39. The Morgan fingerprint density at radius 2 is 2.00 bits per heavy atom. The molecule has 1 aromatic carbocycles. The van der Waals surface area contributed by atoms with Crippen molar-refractivity contribution in [1.29, 1.82) is 5.26 Å². The number of pyridine rings is 1. The molecule has 14 heteroatoms. The second-order valence-electron chi connectivity index (χ2n) is 7.67. The predicted molar refractivity (Wildman–Crippen MR) is 119 cm³/mol. The van der Waals surface area contributed by atoms with Crippen LogP contribution in [0.3, 0.4) is 0 Å². The van der Waals surface area contributed by atoms with E-state index in [0.29, 0.717) is 0 Å². The van der Waals surface area contributed by atoms with Gasteiger partial charge in [-0.05, 0) is 19.1 Å². The van der Waals surface area contributed by atoms with Gasteiger partial charge in [-0.2, -0.15) is 10.2 Å². The summed E-state index contributed by atoms with van der Waals surface area (Å²) in [6.45, 7) is 0.340. The fraction of sp³-hybridized carbons (Fsp3) is 0.364. The molecule has 0 spiro atoms. The first-order valence-electron chi connectivity index (χ1n) is 10.6. The minimum atomic E-state index is -4.18. The van der Waals surface area contributed by atoms with E-state index in [-0.39, 0.29) is 42.2 Å². The van der Waals surface area contributed by atoms with Crippen LogP contribution in [0.2, 0.25) is 0 Å². The van der Waals surface area contributed by atoms with Crippen LogP contribution in [-0.4, -0.2) is 58.0 Å². The summed E-state index contributed by atoms with van der Waals surface area (Å²) < 4.78 is 75.4. The van der Waals surface area contributed by atoms with Gasteiger partial charge < -0.3 is 14.4 Å². The number of carbonyl (C=O) groups is 2. The summed E-state index contributed by atoms with van der Waals surface area (Å²) in [4.78, 5) is 30.1. The van der Waals surface area contributed by atoms with Gasteiger partial charge >= 0.3 is 5.97 Å². The van der Waals surface area contributed by atoms with Gasteiger partial charge in [-0.15, -0.1) is 0 Å². The number of nitriles is 1. The number of benzene rings is 1. The number of anilines is 1. The summed E-state index contributed by atoms with van der Waals surface area (Å²) >= 11 is 0. The highest BCUT2D eigenvalue weighted by molar-refractivity contribution is 7.89. The highest BCUT2D eigenvalue weighted by Crippen LogP contribution is 2.31. The number of nitrogens with zero attached hydrogens (tertiary/aromatic N) is 3. The number of amides is 1. The Kier molecular flexibility index (Phi) is 8.36. The maximum absolute atomic E-state index is 13.8. The van der Waals surface area contributed by atoms with Gasteiger partial charge in [0.1, 0.15) is 17.4 Å². The molecule has 1 saturated heterocycles. The van der Waals surface area contributed by atoms with E-state index in [1.165, 1.54) is 30.0 Å². The predicted octanol–water partition coefficient (Wildman–Crippen LogP) is 2.00. The third-order valence-electron chi connectivity index (χ3n) is 5.04. The number of alkyl halides is 2. The third kappa shape index (κ3) is 6.42. The number of sulfonamides is 1. The molecule has 0 aliphatic carbocycles. The van der Waals surface area contributed by atoms with E-state index in [1.807, 2.05) is 10.8 Å². The molecule has 0 bridgehead atoms. The van der Waals surface area contributed by atoms with Crippen molar-refractivity contribution in [2.75, 3.05) is 31.2 Å². The minimum Gasteiger partial charge on any atom is -0.471 e. The van der Waals surface area contributed by atoms with Gasteiger partial charge in [-0.1, -0.05) is 18.2 Å². The number of aromatic nitrogens is 1. The van der Waals surface area contributed by atoms with Crippen molar-refractivity contribution in [3.63, 3.8) is 0 Å². The number of hydrogen-bond donors (Lipinski definition) is 1. The second kappa shape index (κ2) is 11.3. The molecule has 2 aromatic rings. The molecule has 3 rings (SSSR count). The standard InChI is InChI=1S/C22H21F3N4O6S/c1-2-34-22(31)16-7-14(8-26)19(27-21(16)35-11-18(24)25)29-9-15(10-29)20(30)28-36(32,33)12-13-5-3-4-6-17(13)23/h3-7,15,18H,2,9-12H2,1H3,(H,28,30). The topological polar surface area (TPSA) is 139 Å². The fourth-order valence-electron chi connectivity index (χ4n) is 3.33. The molecule has 192 valence electrons. The van der Waals surface area contributed by atoms with Crippen molar-refractivity contribution in [3.8, 4) is 11.9 Å². The molecule has 1 fully saturated rings. The van der Waals surface area contributed by atoms with Crippen molar-refractivity contribution in [1.82, 2.24) is 9.71 Å². The van der Waals surface area contributed by atoms with Gasteiger partial charge in [0, 0.05) is 18.7 Å². The van der Waals surface area contributed by atoms with E-state index in [4.69, 9.17) is 9.47 Å². The number of rotatable bonds is 10. The lowest BCUT2D eigenvalue weighted by atomic mass is 9.98. The van der Waals surface area contributed by atoms with Crippen LogP contribution in [-0.2, 0) is 25.3 Å². The molecule has 0 saturated carbocycles.